The summed E-state index contributed by atoms with van der Waals surface area (Å²) < 4.78 is 4.68. The summed E-state index contributed by atoms with van der Waals surface area (Å²) in [7, 11) is 3.16. The molecule has 0 aliphatic carbocycles. The molecule has 2 aromatic rings. The summed E-state index contributed by atoms with van der Waals surface area (Å²) >= 11 is 0. The molecule has 1 aromatic heterocycles. The second kappa shape index (κ2) is 5.85. The Morgan fingerprint density at radius 2 is 2.15 bits per heavy atom. The number of hydrogen-bond donors (Lipinski definition) is 0. The third-order valence-corrected chi connectivity index (χ3v) is 2.87. The Hall–Kier alpha value is -2.87. The zero-order chi connectivity index (χ0) is 14.5. The largest absolute Gasteiger partial charge is 0.465 e. The standard InChI is InChI=1S/C15H13N3O2/c1-18(13-5-3-4-11(8-13)10-16)14-9-12(6-7-17-14)15(19)20-2/h3-9H,1-2H3. The fraction of sp³-hybridized carbons (Fsp3) is 0.133. The van der Waals surface area contributed by atoms with E-state index in [1.807, 2.05) is 13.1 Å². The van der Waals surface area contributed by atoms with Crippen molar-refractivity contribution < 1.29 is 9.53 Å². The maximum atomic E-state index is 11.5. The Kier molecular flexibility index (Phi) is 3.96. The second-order valence-electron chi connectivity index (χ2n) is 4.12. The number of nitrogens with zero attached hydrogens (tertiary/aromatic N) is 3. The highest BCUT2D eigenvalue weighted by Crippen LogP contribution is 2.23. The number of rotatable bonds is 3. The summed E-state index contributed by atoms with van der Waals surface area (Å²) in [5.74, 6) is 0.191. The molecule has 1 heterocycles. The lowest BCUT2D eigenvalue weighted by molar-refractivity contribution is 0.0600. The number of anilines is 2. The molecule has 100 valence electrons. The number of ether oxygens (including phenoxy) is 1. The molecule has 0 bridgehead atoms. The highest BCUT2D eigenvalue weighted by molar-refractivity contribution is 5.90. The number of carbonyl (C=O) groups excluding carboxylic acids is 1. The summed E-state index contributed by atoms with van der Waals surface area (Å²) in [6.07, 6.45) is 1.55. The molecule has 0 spiro atoms. The van der Waals surface area contributed by atoms with Crippen LogP contribution in [0.1, 0.15) is 15.9 Å². The predicted octanol–water partition coefficient (Wildman–Crippen LogP) is 2.51. The first-order valence-corrected chi connectivity index (χ1v) is 5.94. The van der Waals surface area contributed by atoms with Crippen LogP contribution < -0.4 is 4.90 Å². The zero-order valence-electron chi connectivity index (χ0n) is 11.2. The zero-order valence-corrected chi connectivity index (χ0v) is 11.2. The molecule has 1 aromatic carbocycles. The minimum atomic E-state index is -0.409. The molecule has 0 radical (unpaired) electrons. The van der Waals surface area contributed by atoms with Gasteiger partial charge in [-0.3, -0.25) is 0 Å². The van der Waals surface area contributed by atoms with E-state index in [0.29, 0.717) is 16.9 Å². The molecule has 0 amide bonds. The molecule has 5 heteroatoms. The van der Waals surface area contributed by atoms with E-state index in [0.717, 1.165) is 5.69 Å². The summed E-state index contributed by atoms with van der Waals surface area (Å²) in [6.45, 7) is 0. The normalized spacial score (nSPS) is 9.65. The molecular weight excluding hydrogens is 254 g/mol. The van der Waals surface area contributed by atoms with Crippen molar-refractivity contribution in [2.24, 2.45) is 0 Å². The van der Waals surface area contributed by atoms with Crippen LogP contribution in [0, 0.1) is 11.3 Å². The van der Waals surface area contributed by atoms with Gasteiger partial charge in [0.1, 0.15) is 5.82 Å². The van der Waals surface area contributed by atoms with Crippen LogP contribution >= 0.6 is 0 Å². The van der Waals surface area contributed by atoms with E-state index < -0.39 is 5.97 Å². The molecule has 0 unspecified atom stereocenters. The van der Waals surface area contributed by atoms with Gasteiger partial charge in [0, 0.05) is 18.9 Å². The average molecular weight is 267 g/mol. The molecule has 0 aliphatic heterocycles. The van der Waals surface area contributed by atoms with Crippen LogP contribution in [0.25, 0.3) is 0 Å². The molecule has 0 saturated heterocycles. The van der Waals surface area contributed by atoms with Gasteiger partial charge in [0.05, 0.1) is 24.3 Å². The molecule has 0 atom stereocenters. The molecular formula is C15H13N3O2. The van der Waals surface area contributed by atoms with Gasteiger partial charge in [-0.25, -0.2) is 9.78 Å². The fourth-order valence-corrected chi connectivity index (χ4v) is 1.76. The van der Waals surface area contributed by atoms with Crippen LogP contribution in [0.4, 0.5) is 11.5 Å². The van der Waals surface area contributed by atoms with Gasteiger partial charge in [-0.1, -0.05) is 6.07 Å². The number of hydrogen-bond acceptors (Lipinski definition) is 5. The van der Waals surface area contributed by atoms with Crippen molar-refractivity contribution in [2.75, 3.05) is 19.1 Å². The Morgan fingerprint density at radius 1 is 1.35 bits per heavy atom. The number of methoxy groups -OCH3 is 1. The van der Waals surface area contributed by atoms with E-state index in [9.17, 15) is 4.79 Å². The van der Waals surface area contributed by atoms with Crippen molar-refractivity contribution in [2.45, 2.75) is 0 Å². The number of aromatic nitrogens is 1. The Bertz CT molecular complexity index is 677. The van der Waals surface area contributed by atoms with E-state index in [2.05, 4.69) is 15.8 Å². The third-order valence-electron chi connectivity index (χ3n) is 2.87. The third kappa shape index (κ3) is 2.75. The average Bonchev–Trinajstić information content (AvgIpc) is 2.53. The number of esters is 1. The minimum Gasteiger partial charge on any atom is -0.465 e. The molecule has 20 heavy (non-hydrogen) atoms. The van der Waals surface area contributed by atoms with Gasteiger partial charge in [-0.15, -0.1) is 0 Å². The molecule has 5 nitrogen and oxygen atoms in total. The van der Waals surface area contributed by atoms with Crippen molar-refractivity contribution >= 4 is 17.5 Å². The van der Waals surface area contributed by atoms with E-state index >= 15 is 0 Å². The van der Waals surface area contributed by atoms with Gasteiger partial charge >= 0.3 is 5.97 Å². The van der Waals surface area contributed by atoms with Crippen LogP contribution in [0.2, 0.25) is 0 Å². The van der Waals surface area contributed by atoms with Crippen LogP contribution in [-0.4, -0.2) is 25.1 Å². The van der Waals surface area contributed by atoms with Gasteiger partial charge in [0.15, 0.2) is 0 Å². The Labute approximate surface area is 117 Å². The number of nitriles is 1. The van der Waals surface area contributed by atoms with Crippen molar-refractivity contribution in [3.05, 3.63) is 53.7 Å². The maximum absolute atomic E-state index is 11.5. The smallest absolute Gasteiger partial charge is 0.338 e. The van der Waals surface area contributed by atoms with Gasteiger partial charge in [-0.05, 0) is 30.3 Å². The molecule has 0 fully saturated rings. The molecule has 0 N–H and O–H groups in total. The van der Waals surface area contributed by atoms with Crippen molar-refractivity contribution in [3.63, 3.8) is 0 Å². The van der Waals surface area contributed by atoms with Crippen LogP contribution in [0.5, 0.6) is 0 Å². The van der Waals surface area contributed by atoms with E-state index in [4.69, 9.17) is 5.26 Å². The SMILES string of the molecule is COC(=O)c1ccnc(N(C)c2cccc(C#N)c2)c1. The summed E-state index contributed by atoms with van der Waals surface area (Å²) in [5.41, 5.74) is 1.82. The van der Waals surface area contributed by atoms with E-state index in [-0.39, 0.29) is 0 Å². The first-order chi connectivity index (χ1) is 9.65. The molecule has 0 saturated carbocycles. The highest BCUT2D eigenvalue weighted by atomic mass is 16.5. The number of pyridine rings is 1. The van der Waals surface area contributed by atoms with Gasteiger partial charge in [0.25, 0.3) is 0 Å². The monoisotopic (exact) mass is 267 g/mol. The van der Waals surface area contributed by atoms with Crippen molar-refractivity contribution in [1.82, 2.24) is 4.98 Å². The van der Waals surface area contributed by atoms with Crippen molar-refractivity contribution in [1.29, 1.82) is 5.26 Å². The van der Waals surface area contributed by atoms with Crippen LogP contribution in [0.15, 0.2) is 42.6 Å². The maximum Gasteiger partial charge on any atom is 0.338 e. The van der Waals surface area contributed by atoms with E-state index in [1.165, 1.54) is 7.11 Å². The van der Waals surface area contributed by atoms with Gasteiger partial charge < -0.3 is 9.64 Å². The lowest BCUT2D eigenvalue weighted by Gasteiger charge is -2.18. The van der Waals surface area contributed by atoms with Crippen LogP contribution in [-0.2, 0) is 4.74 Å². The van der Waals surface area contributed by atoms with Gasteiger partial charge in [-0.2, -0.15) is 5.26 Å². The Balaban J connectivity index is 2.35. The lowest BCUT2D eigenvalue weighted by atomic mass is 10.2. The molecule has 0 aliphatic rings. The topological polar surface area (TPSA) is 66.2 Å². The van der Waals surface area contributed by atoms with Crippen LogP contribution in [0.3, 0.4) is 0 Å². The summed E-state index contributed by atoms with van der Waals surface area (Å²) in [5, 5.41) is 8.92. The first-order valence-electron chi connectivity index (χ1n) is 5.94. The van der Waals surface area contributed by atoms with Crippen molar-refractivity contribution in [3.8, 4) is 6.07 Å². The number of carbonyl (C=O) groups is 1. The second-order valence-corrected chi connectivity index (χ2v) is 4.12. The predicted molar refractivity (Wildman–Crippen MR) is 74.8 cm³/mol. The quantitative estimate of drug-likeness (QED) is 0.799. The van der Waals surface area contributed by atoms with Gasteiger partial charge in [0.2, 0.25) is 0 Å². The molecule has 2 rings (SSSR count). The summed E-state index contributed by atoms with van der Waals surface area (Å²) in [6, 6.07) is 12.5. The first kappa shape index (κ1) is 13.6. The fourth-order valence-electron chi connectivity index (χ4n) is 1.76. The highest BCUT2D eigenvalue weighted by Gasteiger charge is 2.10. The minimum absolute atomic E-state index is 0.409. The Morgan fingerprint density at radius 3 is 2.85 bits per heavy atom. The summed E-state index contributed by atoms with van der Waals surface area (Å²) in [4.78, 5) is 17.5. The number of benzene rings is 1. The lowest BCUT2D eigenvalue weighted by Crippen LogP contribution is -2.12. The van der Waals surface area contributed by atoms with E-state index in [1.54, 1.807) is 41.4 Å².